The van der Waals surface area contributed by atoms with Crippen molar-refractivity contribution in [2.75, 3.05) is 10.6 Å². The van der Waals surface area contributed by atoms with Crippen LogP contribution in [0.4, 0.5) is 20.6 Å². The number of carbonyl (C=O) groups is 1. The highest BCUT2D eigenvalue weighted by atomic mass is 19.1. The Labute approximate surface area is 137 Å². The van der Waals surface area contributed by atoms with Crippen LogP contribution in [0.15, 0.2) is 18.2 Å². The maximum absolute atomic E-state index is 13.9. The lowest BCUT2D eigenvalue weighted by molar-refractivity contribution is 0.0635. The first-order valence-corrected chi connectivity index (χ1v) is 8.13. The summed E-state index contributed by atoms with van der Waals surface area (Å²) in [6.45, 7) is 9.78. The van der Waals surface area contributed by atoms with Gasteiger partial charge in [-0.05, 0) is 57.2 Å². The van der Waals surface area contributed by atoms with Gasteiger partial charge in [0.1, 0.15) is 11.4 Å². The first-order chi connectivity index (χ1) is 10.6. The lowest BCUT2D eigenvalue weighted by atomic mass is 9.87. The van der Waals surface area contributed by atoms with E-state index in [1.54, 1.807) is 32.9 Å². The van der Waals surface area contributed by atoms with Gasteiger partial charge in [-0.2, -0.15) is 0 Å². The van der Waals surface area contributed by atoms with Crippen LogP contribution in [0.2, 0.25) is 0 Å². The number of ether oxygens (including phenoxy) is 1. The number of halogens is 1. The van der Waals surface area contributed by atoms with E-state index in [1.807, 2.05) is 0 Å². The van der Waals surface area contributed by atoms with Crippen molar-refractivity contribution in [3.05, 3.63) is 24.0 Å². The summed E-state index contributed by atoms with van der Waals surface area (Å²) in [5, 5.41) is 5.94. The Morgan fingerprint density at radius 2 is 2.04 bits per heavy atom. The molecule has 2 N–H and O–H groups in total. The molecule has 0 radical (unpaired) electrons. The van der Waals surface area contributed by atoms with Crippen molar-refractivity contribution in [1.82, 2.24) is 0 Å². The number of hydrogen-bond acceptors (Lipinski definition) is 3. The normalized spacial score (nSPS) is 20.2. The summed E-state index contributed by atoms with van der Waals surface area (Å²) in [7, 11) is 0. The molecule has 1 aromatic rings. The van der Waals surface area contributed by atoms with Crippen molar-refractivity contribution in [3.8, 4) is 0 Å². The fourth-order valence-electron chi connectivity index (χ4n) is 2.92. The Morgan fingerprint density at radius 3 is 2.61 bits per heavy atom. The summed E-state index contributed by atoms with van der Waals surface area (Å²) < 4.78 is 19.1. The Bertz CT molecular complexity index is 579. The van der Waals surface area contributed by atoms with Crippen LogP contribution >= 0.6 is 0 Å². The maximum Gasteiger partial charge on any atom is 0.412 e. The second kappa shape index (κ2) is 6.38. The van der Waals surface area contributed by atoms with E-state index in [4.69, 9.17) is 4.74 Å². The first-order valence-electron chi connectivity index (χ1n) is 8.13. The summed E-state index contributed by atoms with van der Waals surface area (Å²) in [4.78, 5) is 11.8. The van der Waals surface area contributed by atoms with Gasteiger partial charge in [0.05, 0.1) is 5.69 Å². The van der Waals surface area contributed by atoms with E-state index in [9.17, 15) is 9.18 Å². The van der Waals surface area contributed by atoms with E-state index < -0.39 is 17.5 Å². The third-order valence-electron chi connectivity index (χ3n) is 4.20. The molecule has 23 heavy (non-hydrogen) atoms. The summed E-state index contributed by atoms with van der Waals surface area (Å²) >= 11 is 0. The largest absolute Gasteiger partial charge is 0.444 e. The molecule has 0 aromatic heterocycles. The Morgan fingerprint density at radius 1 is 1.35 bits per heavy atom. The number of anilines is 2. The van der Waals surface area contributed by atoms with Crippen LogP contribution < -0.4 is 10.6 Å². The third-order valence-corrected chi connectivity index (χ3v) is 4.20. The van der Waals surface area contributed by atoms with Gasteiger partial charge >= 0.3 is 6.09 Å². The van der Waals surface area contributed by atoms with Gasteiger partial charge in [0.15, 0.2) is 0 Å². The molecule has 1 aliphatic carbocycles. The molecule has 0 heterocycles. The standard InChI is InChI=1S/C18H27FN2O2/c1-17(2,3)23-16(22)21-14-11-12(8-9-13(14)19)20-15-7-6-10-18(15,4)5/h8-9,11,15,20H,6-7,10H2,1-5H3,(H,21,22). The molecule has 1 aliphatic rings. The molecule has 1 atom stereocenters. The topological polar surface area (TPSA) is 50.4 Å². The van der Waals surface area contributed by atoms with Crippen molar-refractivity contribution in [1.29, 1.82) is 0 Å². The number of rotatable bonds is 3. The zero-order chi connectivity index (χ0) is 17.3. The van der Waals surface area contributed by atoms with E-state index in [-0.39, 0.29) is 11.1 Å². The molecule has 0 saturated heterocycles. The van der Waals surface area contributed by atoms with E-state index in [2.05, 4.69) is 24.5 Å². The third kappa shape index (κ3) is 4.85. The molecule has 2 rings (SSSR count). The van der Waals surface area contributed by atoms with Crippen molar-refractivity contribution in [3.63, 3.8) is 0 Å². The molecule has 1 amide bonds. The van der Waals surface area contributed by atoms with Gasteiger partial charge in [-0.25, -0.2) is 9.18 Å². The lowest BCUT2D eigenvalue weighted by Gasteiger charge is -2.29. The number of amides is 1. The number of hydrogen-bond donors (Lipinski definition) is 2. The second-order valence-electron chi connectivity index (χ2n) is 7.90. The smallest absolute Gasteiger partial charge is 0.412 e. The second-order valence-corrected chi connectivity index (χ2v) is 7.90. The average Bonchev–Trinajstić information content (AvgIpc) is 2.70. The van der Waals surface area contributed by atoms with Gasteiger partial charge in [-0.1, -0.05) is 20.3 Å². The highest BCUT2D eigenvalue weighted by Gasteiger charge is 2.34. The van der Waals surface area contributed by atoms with Crippen LogP contribution in [0.3, 0.4) is 0 Å². The van der Waals surface area contributed by atoms with Gasteiger partial charge in [0.25, 0.3) is 0 Å². The molecule has 0 aliphatic heterocycles. The van der Waals surface area contributed by atoms with Crippen molar-refractivity contribution >= 4 is 17.5 Å². The Kier molecular flexibility index (Phi) is 4.87. The molecule has 128 valence electrons. The summed E-state index contributed by atoms with van der Waals surface area (Å²) in [6.07, 6.45) is 2.80. The molecule has 1 unspecified atom stereocenters. The van der Waals surface area contributed by atoms with E-state index in [0.29, 0.717) is 6.04 Å². The SMILES string of the molecule is CC(C)(C)OC(=O)Nc1cc(NC2CCCC2(C)C)ccc1F. The molecule has 0 bridgehead atoms. The van der Waals surface area contributed by atoms with Crippen molar-refractivity contribution in [2.24, 2.45) is 5.41 Å². The number of benzene rings is 1. The summed E-state index contributed by atoms with van der Waals surface area (Å²) in [5.41, 5.74) is 0.523. The summed E-state index contributed by atoms with van der Waals surface area (Å²) in [5.74, 6) is -0.480. The van der Waals surface area contributed by atoms with E-state index in [0.717, 1.165) is 12.1 Å². The molecular weight excluding hydrogens is 295 g/mol. The molecule has 0 spiro atoms. The number of carbonyl (C=O) groups excluding carboxylic acids is 1. The van der Waals surface area contributed by atoms with E-state index >= 15 is 0 Å². The van der Waals surface area contributed by atoms with Gasteiger partial charge in [0, 0.05) is 11.7 Å². The predicted octanol–water partition coefficient (Wildman–Crippen LogP) is 5.16. The highest BCUT2D eigenvalue weighted by molar-refractivity contribution is 5.85. The Hall–Kier alpha value is -1.78. The van der Waals surface area contributed by atoms with Crippen LogP contribution in [-0.2, 0) is 4.74 Å². The van der Waals surface area contributed by atoms with Gasteiger partial charge in [-0.15, -0.1) is 0 Å². The molecule has 1 fully saturated rings. The average molecular weight is 322 g/mol. The summed E-state index contributed by atoms with van der Waals surface area (Å²) in [6, 6.07) is 5.02. The van der Waals surface area contributed by atoms with Crippen LogP contribution in [0.25, 0.3) is 0 Å². The molecular formula is C18H27FN2O2. The first kappa shape index (κ1) is 17.6. The predicted molar refractivity (Wildman–Crippen MR) is 91.3 cm³/mol. The molecule has 4 nitrogen and oxygen atoms in total. The number of nitrogens with one attached hydrogen (secondary N) is 2. The minimum Gasteiger partial charge on any atom is -0.444 e. The highest BCUT2D eigenvalue weighted by Crippen LogP contribution is 2.39. The molecule has 5 heteroatoms. The lowest BCUT2D eigenvalue weighted by Crippen LogP contribution is -2.31. The van der Waals surface area contributed by atoms with E-state index in [1.165, 1.54) is 18.9 Å². The quantitative estimate of drug-likeness (QED) is 0.808. The minimum atomic E-state index is -0.658. The van der Waals surface area contributed by atoms with Gasteiger partial charge in [0.2, 0.25) is 0 Å². The van der Waals surface area contributed by atoms with Crippen LogP contribution in [-0.4, -0.2) is 17.7 Å². The zero-order valence-electron chi connectivity index (χ0n) is 14.6. The van der Waals surface area contributed by atoms with Crippen LogP contribution in [0.1, 0.15) is 53.9 Å². The zero-order valence-corrected chi connectivity index (χ0v) is 14.6. The van der Waals surface area contributed by atoms with Crippen molar-refractivity contribution in [2.45, 2.75) is 65.5 Å². The fourth-order valence-corrected chi connectivity index (χ4v) is 2.92. The van der Waals surface area contributed by atoms with Gasteiger partial charge in [-0.3, -0.25) is 5.32 Å². The molecule has 1 saturated carbocycles. The minimum absolute atomic E-state index is 0.125. The van der Waals surface area contributed by atoms with Crippen molar-refractivity contribution < 1.29 is 13.9 Å². The van der Waals surface area contributed by atoms with Crippen LogP contribution in [0.5, 0.6) is 0 Å². The molecule has 1 aromatic carbocycles. The Balaban J connectivity index is 2.08. The monoisotopic (exact) mass is 322 g/mol. The maximum atomic E-state index is 13.9. The van der Waals surface area contributed by atoms with Crippen LogP contribution in [0, 0.1) is 11.2 Å². The fraction of sp³-hybridized carbons (Fsp3) is 0.611. The van der Waals surface area contributed by atoms with Gasteiger partial charge < -0.3 is 10.1 Å².